The maximum Gasteiger partial charge on any atom is 0.278 e. The van der Waals surface area contributed by atoms with Crippen LogP contribution in [-0.2, 0) is 10.0 Å². The summed E-state index contributed by atoms with van der Waals surface area (Å²) in [6, 6.07) is 8.79. The number of H-pyrrole nitrogens is 1. The molecular formula is C20H21F2N3O3S. The Kier molecular flexibility index (Phi) is 5.37. The molecule has 4 rings (SSSR count). The standard InChI is InChI=1S/C20H21F2N3O3S/c21-19(22)17-11-15-14(9-10-23-20(15)24-17)12-5-7-13(8-6-12)29(27,28)25-16-3-1-2-4-18(16)26/h5-11,16,18-19,25-26H,1-4H2,(H,23,24). The van der Waals surface area contributed by atoms with Crippen LogP contribution in [0.25, 0.3) is 22.2 Å². The summed E-state index contributed by atoms with van der Waals surface area (Å²) in [6.45, 7) is 0. The van der Waals surface area contributed by atoms with Crippen molar-refractivity contribution in [2.24, 2.45) is 0 Å². The molecule has 0 radical (unpaired) electrons. The summed E-state index contributed by atoms with van der Waals surface area (Å²) in [5.41, 5.74) is 1.50. The van der Waals surface area contributed by atoms with Crippen molar-refractivity contribution in [2.45, 2.75) is 49.2 Å². The summed E-state index contributed by atoms with van der Waals surface area (Å²) in [6.07, 6.45) is 1.15. The van der Waals surface area contributed by atoms with E-state index in [1.165, 1.54) is 24.4 Å². The molecule has 0 spiro atoms. The van der Waals surface area contributed by atoms with Crippen LogP contribution in [0.15, 0.2) is 47.5 Å². The quantitative estimate of drug-likeness (QED) is 0.585. The average Bonchev–Trinajstić information content (AvgIpc) is 3.14. The van der Waals surface area contributed by atoms with Gasteiger partial charge in [0, 0.05) is 17.6 Å². The summed E-state index contributed by atoms with van der Waals surface area (Å²) in [7, 11) is -3.77. The molecule has 29 heavy (non-hydrogen) atoms. The van der Waals surface area contributed by atoms with Crippen LogP contribution in [0.4, 0.5) is 8.78 Å². The summed E-state index contributed by atoms with van der Waals surface area (Å²) in [4.78, 5) is 6.77. The molecule has 1 aliphatic rings. The van der Waals surface area contributed by atoms with Gasteiger partial charge >= 0.3 is 0 Å². The Hall–Kier alpha value is -2.36. The molecule has 1 aliphatic carbocycles. The van der Waals surface area contributed by atoms with Gasteiger partial charge in [-0.1, -0.05) is 25.0 Å². The summed E-state index contributed by atoms with van der Waals surface area (Å²) < 4.78 is 53.9. The fourth-order valence-corrected chi connectivity index (χ4v) is 5.05. The minimum absolute atomic E-state index is 0.0895. The van der Waals surface area contributed by atoms with E-state index in [-0.39, 0.29) is 10.6 Å². The van der Waals surface area contributed by atoms with Crippen molar-refractivity contribution >= 4 is 21.1 Å². The number of aliphatic hydroxyl groups excluding tert-OH is 1. The summed E-state index contributed by atoms with van der Waals surface area (Å²) >= 11 is 0. The molecule has 2 unspecified atom stereocenters. The smallest absolute Gasteiger partial charge is 0.278 e. The van der Waals surface area contributed by atoms with Crippen molar-refractivity contribution in [1.82, 2.24) is 14.7 Å². The highest BCUT2D eigenvalue weighted by molar-refractivity contribution is 7.89. The number of hydrogen-bond donors (Lipinski definition) is 3. The van der Waals surface area contributed by atoms with Crippen LogP contribution in [0.2, 0.25) is 0 Å². The fourth-order valence-electron chi connectivity index (χ4n) is 3.75. The minimum Gasteiger partial charge on any atom is -0.391 e. The van der Waals surface area contributed by atoms with E-state index in [1.54, 1.807) is 18.2 Å². The van der Waals surface area contributed by atoms with Gasteiger partial charge < -0.3 is 10.1 Å². The van der Waals surface area contributed by atoms with E-state index in [4.69, 9.17) is 0 Å². The maximum absolute atomic E-state index is 13.0. The van der Waals surface area contributed by atoms with Crippen LogP contribution in [-0.4, -0.2) is 35.6 Å². The Bertz CT molecular complexity index is 1110. The number of pyridine rings is 1. The van der Waals surface area contributed by atoms with E-state index in [0.717, 1.165) is 12.8 Å². The van der Waals surface area contributed by atoms with E-state index in [9.17, 15) is 22.3 Å². The number of sulfonamides is 1. The molecule has 2 heterocycles. The highest BCUT2D eigenvalue weighted by atomic mass is 32.2. The summed E-state index contributed by atoms with van der Waals surface area (Å²) in [5, 5.41) is 10.6. The molecule has 1 fully saturated rings. The number of aromatic nitrogens is 2. The molecule has 0 aliphatic heterocycles. The summed E-state index contributed by atoms with van der Waals surface area (Å²) in [5.74, 6) is 0. The van der Waals surface area contributed by atoms with E-state index < -0.39 is 28.6 Å². The Morgan fingerprint density at radius 1 is 1.14 bits per heavy atom. The van der Waals surface area contributed by atoms with Gasteiger partial charge in [-0.3, -0.25) is 0 Å². The molecule has 3 N–H and O–H groups in total. The molecular weight excluding hydrogens is 400 g/mol. The van der Waals surface area contributed by atoms with Crippen LogP contribution in [0.5, 0.6) is 0 Å². The second kappa shape index (κ2) is 7.81. The van der Waals surface area contributed by atoms with Gasteiger partial charge in [-0.15, -0.1) is 0 Å². The van der Waals surface area contributed by atoms with E-state index in [2.05, 4.69) is 14.7 Å². The first-order chi connectivity index (χ1) is 13.8. The van der Waals surface area contributed by atoms with Crippen molar-refractivity contribution in [1.29, 1.82) is 0 Å². The molecule has 1 aromatic carbocycles. The molecule has 0 saturated heterocycles. The van der Waals surface area contributed by atoms with Gasteiger partial charge in [-0.2, -0.15) is 0 Å². The minimum atomic E-state index is -3.77. The van der Waals surface area contributed by atoms with Crippen LogP contribution in [0.3, 0.4) is 0 Å². The second-order valence-electron chi connectivity index (χ2n) is 7.25. The number of benzene rings is 1. The normalized spacial score (nSPS) is 20.4. The Balaban J connectivity index is 1.62. The number of fused-ring (bicyclic) bond motifs is 1. The molecule has 0 amide bonds. The first kappa shape index (κ1) is 19.9. The number of alkyl halides is 2. The molecule has 2 aromatic heterocycles. The fraction of sp³-hybridized carbons (Fsp3) is 0.350. The first-order valence-electron chi connectivity index (χ1n) is 9.42. The lowest BCUT2D eigenvalue weighted by Crippen LogP contribution is -2.44. The third kappa shape index (κ3) is 4.03. The van der Waals surface area contributed by atoms with Crippen LogP contribution < -0.4 is 4.72 Å². The lowest BCUT2D eigenvalue weighted by molar-refractivity contribution is 0.101. The highest BCUT2D eigenvalue weighted by Gasteiger charge is 2.28. The van der Waals surface area contributed by atoms with Crippen molar-refractivity contribution in [3.63, 3.8) is 0 Å². The Labute approximate surface area is 167 Å². The SMILES string of the molecule is O=S(=O)(NC1CCCCC1O)c1ccc(-c2ccnc3[nH]c(C(F)F)cc23)cc1. The van der Waals surface area contributed by atoms with Crippen LogP contribution in [0, 0.1) is 0 Å². The Morgan fingerprint density at radius 2 is 1.86 bits per heavy atom. The van der Waals surface area contributed by atoms with Gasteiger partial charge in [0.2, 0.25) is 10.0 Å². The third-order valence-electron chi connectivity index (χ3n) is 5.30. The number of nitrogens with one attached hydrogen (secondary N) is 2. The largest absolute Gasteiger partial charge is 0.391 e. The van der Waals surface area contributed by atoms with Crippen molar-refractivity contribution in [3.05, 3.63) is 48.3 Å². The number of hydrogen-bond acceptors (Lipinski definition) is 4. The number of halogens is 2. The van der Waals surface area contributed by atoms with Gasteiger partial charge in [0.25, 0.3) is 6.43 Å². The number of aliphatic hydroxyl groups is 1. The first-order valence-corrected chi connectivity index (χ1v) is 10.9. The van der Waals surface area contributed by atoms with Gasteiger partial charge in [0.1, 0.15) is 5.65 Å². The molecule has 2 atom stereocenters. The molecule has 154 valence electrons. The average molecular weight is 421 g/mol. The van der Waals surface area contributed by atoms with Crippen LogP contribution >= 0.6 is 0 Å². The number of rotatable bonds is 5. The lowest BCUT2D eigenvalue weighted by Gasteiger charge is -2.28. The molecule has 9 heteroatoms. The van der Waals surface area contributed by atoms with E-state index >= 15 is 0 Å². The van der Waals surface area contributed by atoms with Crippen LogP contribution in [0.1, 0.15) is 37.8 Å². The van der Waals surface area contributed by atoms with E-state index in [1.807, 2.05) is 0 Å². The predicted molar refractivity (Wildman–Crippen MR) is 105 cm³/mol. The highest BCUT2D eigenvalue weighted by Crippen LogP contribution is 2.31. The lowest BCUT2D eigenvalue weighted by atomic mass is 9.93. The zero-order valence-electron chi connectivity index (χ0n) is 15.5. The molecule has 6 nitrogen and oxygen atoms in total. The predicted octanol–water partition coefficient (Wildman–Crippen LogP) is 3.75. The van der Waals surface area contributed by atoms with Gasteiger partial charge in [-0.25, -0.2) is 26.9 Å². The monoisotopic (exact) mass is 421 g/mol. The topological polar surface area (TPSA) is 95.1 Å². The molecule has 0 bridgehead atoms. The van der Waals surface area contributed by atoms with Gasteiger partial charge in [-0.05, 0) is 48.2 Å². The van der Waals surface area contributed by atoms with Crippen molar-refractivity contribution < 1.29 is 22.3 Å². The third-order valence-corrected chi connectivity index (χ3v) is 6.81. The van der Waals surface area contributed by atoms with E-state index in [0.29, 0.717) is 35.0 Å². The van der Waals surface area contributed by atoms with Crippen molar-refractivity contribution in [3.8, 4) is 11.1 Å². The number of nitrogens with zero attached hydrogens (tertiary/aromatic N) is 1. The second-order valence-corrected chi connectivity index (χ2v) is 8.96. The number of aromatic amines is 1. The zero-order valence-corrected chi connectivity index (χ0v) is 16.3. The molecule has 1 saturated carbocycles. The van der Waals surface area contributed by atoms with Gasteiger partial charge in [0.15, 0.2) is 0 Å². The molecule has 3 aromatic rings. The zero-order chi connectivity index (χ0) is 20.6. The van der Waals surface area contributed by atoms with Crippen molar-refractivity contribution in [2.75, 3.05) is 0 Å². The maximum atomic E-state index is 13.0. The Morgan fingerprint density at radius 3 is 2.55 bits per heavy atom. The van der Waals surface area contributed by atoms with Gasteiger partial charge in [0.05, 0.1) is 16.7 Å².